The lowest BCUT2D eigenvalue weighted by atomic mass is 10.3. The molecule has 1 aromatic heterocycles. The van der Waals surface area contributed by atoms with E-state index in [1.165, 1.54) is 0 Å². The third-order valence-electron chi connectivity index (χ3n) is 2.00. The average molecular weight is 264 g/mol. The summed E-state index contributed by atoms with van der Waals surface area (Å²) in [5.41, 5.74) is 4.17. The molecule has 0 aliphatic carbocycles. The van der Waals surface area contributed by atoms with Crippen molar-refractivity contribution < 1.29 is 17.9 Å². The highest BCUT2D eigenvalue weighted by Crippen LogP contribution is 2.29. The summed E-state index contributed by atoms with van der Waals surface area (Å²) in [6, 6.07) is 0.638. The topological polar surface area (TPSA) is 73.1 Å². The van der Waals surface area contributed by atoms with E-state index in [9.17, 15) is 13.2 Å². The van der Waals surface area contributed by atoms with Crippen LogP contribution in [0.25, 0.3) is 0 Å². The van der Waals surface area contributed by atoms with Crippen LogP contribution in [0, 0.1) is 0 Å². The van der Waals surface area contributed by atoms with Gasteiger partial charge in [-0.1, -0.05) is 0 Å². The van der Waals surface area contributed by atoms with E-state index in [0.717, 1.165) is 6.07 Å². The Labute approximate surface area is 103 Å². The molecule has 1 rings (SSSR count). The molecule has 0 amide bonds. The van der Waals surface area contributed by atoms with Crippen molar-refractivity contribution in [3.8, 4) is 0 Å². The maximum atomic E-state index is 12.5. The van der Waals surface area contributed by atoms with Gasteiger partial charge in [0.2, 0.25) is 5.95 Å². The van der Waals surface area contributed by atoms with E-state index in [0.29, 0.717) is 13.2 Å². The normalized spacial score (nSPS) is 13.4. The van der Waals surface area contributed by atoms with Crippen molar-refractivity contribution in [3.63, 3.8) is 0 Å². The molecule has 1 aromatic rings. The summed E-state index contributed by atoms with van der Waals surface area (Å²) in [6.45, 7) is 4.49. The Kier molecular flexibility index (Phi) is 4.71. The molecule has 0 aliphatic heterocycles. The number of nitrogens with zero attached hydrogens (tertiary/aromatic N) is 2. The van der Waals surface area contributed by atoms with E-state index in [4.69, 9.17) is 10.5 Å². The van der Waals surface area contributed by atoms with Gasteiger partial charge in [0.05, 0.1) is 6.61 Å². The number of aromatic nitrogens is 2. The highest BCUT2D eigenvalue weighted by atomic mass is 19.4. The van der Waals surface area contributed by atoms with Crippen molar-refractivity contribution in [1.82, 2.24) is 9.97 Å². The van der Waals surface area contributed by atoms with E-state index in [1.54, 1.807) is 6.92 Å². The fraction of sp³-hybridized carbons (Fsp3) is 0.600. The molecular formula is C10H15F3N4O. The first kappa shape index (κ1) is 14.5. The number of rotatable bonds is 5. The number of nitrogens with one attached hydrogen (secondary N) is 1. The van der Waals surface area contributed by atoms with Gasteiger partial charge in [-0.15, -0.1) is 0 Å². The summed E-state index contributed by atoms with van der Waals surface area (Å²) in [5, 5.41) is 2.77. The molecule has 0 saturated heterocycles. The molecule has 0 saturated carbocycles. The van der Waals surface area contributed by atoms with E-state index in [-0.39, 0.29) is 11.9 Å². The van der Waals surface area contributed by atoms with Gasteiger partial charge in [-0.2, -0.15) is 18.2 Å². The predicted molar refractivity (Wildman–Crippen MR) is 61.0 cm³/mol. The minimum absolute atomic E-state index is 0.0297. The molecule has 0 aliphatic rings. The summed E-state index contributed by atoms with van der Waals surface area (Å²) < 4.78 is 42.6. The lowest BCUT2D eigenvalue weighted by molar-refractivity contribution is -0.141. The van der Waals surface area contributed by atoms with Crippen LogP contribution in [-0.4, -0.2) is 29.2 Å². The van der Waals surface area contributed by atoms with Crippen molar-refractivity contribution in [2.75, 3.05) is 24.3 Å². The molecule has 1 unspecified atom stereocenters. The van der Waals surface area contributed by atoms with Crippen LogP contribution in [0.15, 0.2) is 6.07 Å². The lowest BCUT2D eigenvalue weighted by Gasteiger charge is -2.15. The minimum atomic E-state index is -4.54. The van der Waals surface area contributed by atoms with E-state index >= 15 is 0 Å². The quantitative estimate of drug-likeness (QED) is 0.850. The first-order valence-electron chi connectivity index (χ1n) is 5.39. The predicted octanol–water partition coefficient (Wildman–Crippen LogP) is 1.91. The van der Waals surface area contributed by atoms with Crippen LogP contribution < -0.4 is 11.1 Å². The van der Waals surface area contributed by atoms with Crippen LogP contribution in [0.3, 0.4) is 0 Å². The fourth-order valence-corrected chi connectivity index (χ4v) is 1.27. The molecular weight excluding hydrogens is 249 g/mol. The maximum Gasteiger partial charge on any atom is 0.433 e. The van der Waals surface area contributed by atoms with Gasteiger partial charge in [-0.25, -0.2) is 4.98 Å². The van der Waals surface area contributed by atoms with Gasteiger partial charge in [0.15, 0.2) is 5.69 Å². The number of alkyl halides is 3. The third kappa shape index (κ3) is 4.36. The molecule has 18 heavy (non-hydrogen) atoms. The molecule has 3 N–H and O–H groups in total. The first-order chi connectivity index (χ1) is 8.32. The van der Waals surface area contributed by atoms with Crippen molar-refractivity contribution in [2.45, 2.75) is 26.1 Å². The molecule has 0 fully saturated rings. The van der Waals surface area contributed by atoms with Gasteiger partial charge in [0.25, 0.3) is 0 Å². The SMILES string of the molecule is CCOCC(C)Nc1cc(C(F)(F)F)nc(N)n1. The Morgan fingerprint density at radius 1 is 1.44 bits per heavy atom. The smallest absolute Gasteiger partial charge is 0.380 e. The van der Waals surface area contributed by atoms with E-state index < -0.39 is 17.8 Å². The van der Waals surface area contributed by atoms with Crippen LogP contribution in [0.4, 0.5) is 24.9 Å². The molecule has 0 aromatic carbocycles. The van der Waals surface area contributed by atoms with Crippen LogP contribution in [0.1, 0.15) is 19.5 Å². The Bertz CT molecular complexity index is 397. The molecule has 1 atom stereocenters. The molecule has 0 bridgehead atoms. The summed E-state index contributed by atoms with van der Waals surface area (Å²) in [5.74, 6) is -0.391. The molecule has 102 valence electrons. The van der Waals surface area contributed by atoms with Crippen LogP contribution >= 0.6 is 0 Å². The molecule has 5 nitrogen and oxygen atoms in total. The van der Waals surface area contributed by atoms with Crippen molar-refractivity contribution in [1.29, 1.82) is 0 Å². The molecule has 1 heterocycles. The van der Waals surface area contributed by atoms with E-state index in [2.05, 4.69) is 15.3 Å². The standard InChI is InChI=1S/C10H15F3N4O/c1-3-18-5-6(2)15-8-4-7(10(11,12)13)16-9(14)17-8/h4,6H,3,5H2,1-2H3,(H3,14,15,16,17). The maximum absolute atomic E-state index is 12.5. The monoisotopic (exact) mass is 264 g/mol. The van der Waals surface area contributed by atoms with Crippen LogP contribution in [0.5, 0.6) is 0 Å². The Hall–Kier alpha value is -1.57. The number of nitrogen functional groups attached to an aromatic ring is 1. The van der Waals surface area contributed by atoms with Gasteiger partial charge < -0.3 is 15.8 Å². The average Bonchev–Trinajstić information content (AvgIpc) is 2.24. The second kappa shape index (κ2) is 5.85. The lowest BCUT2D eigenvalue weighted by Crippen LogP contribution is -2.23. The van der Waals surface area contributed by atoms with Gasteiger partial charge in [0, 0.05) is 18.7 Å². The van der Waals surface area contributed by atoms with Gasteiger partial charge >= 0.3 is 6.18 Å². The van der Waals surface area contributed by atoms with Crippen LogP contribution in [-0.2, 0) is 10.9 Å². The molecule has 0 spiro atoms. The summed E-state index contributed by atoms with van der Waals surface area (Å²) in [4.78, 5) is 6.84. The minimum Gasteiger partial charge on any atom is -0.380 e. The summed E-state index contributed by atoms with van der Waals surface area (Å²) in [6.07, 6.45) is -4.54. The number of hydrogen-bond acceptors (Lipinski definition) is 5. The second-order valence-electron chi connectivity index (χ2n) is 3.70. The Balaban J connectivity index is 2.80. The number of anilines is 2. The highest BCUT2D eigenvalue weighted by Gasteiger charge is 2.33. The molecule has 0 radical (unpaired) electrons. The first-order valence-corrected chi connectivity index (χ1v) is 5.39. The largest absolute Gasteiger partial charge is 0.433 e. The fourth-order valence-electron chi connectivity index (χ4n) is 1.27. The highest BCUT2D eigenvalue weighted by molar-refractivity contribution is 5.41. The van der Waals surface area contributed by atoms with Gasteiger partial charge in [0.1, 0.15) is 5.82 Å². The number of nitrogens with two attached hydrogens (primary N) is 1. The zero-order chi connectivity index (χ0) is 13.8. The summed E-state index contributed by atoms with van der Waals surface area (Å²) >= 11 is 0. The zero-order valence-corrected chi connectivity index (χ0v) is 10.1. The van der Waals surface area contributed by atoms with E-state index in [1.807, 2.05) is 6.92 Å². The van der Waals surface area contributed by atoms with Crippen molar-refractivity contribution >= 4 is 11.8 Å². The molecule has 8 heteroatoms. The zero-order valence-electron chi connectivity index (χ0n) is 10.1. The summed E-state index contributed by atoms with van der Waals surface area (Å²) in [7, 11) is 0. The Morgan fingerprint density at radius 3 is 2.67 bits per heavy atom. The van der Waals surface area contributed by atoms with Crippen LogP contribution in [0.2, 0.25) is 0 Å². The second-order valence-corrected chi connectivity index (χ2v) is 3.70. The number of halogens is 3. The van der Waals surface area contributed by atoms with Crippen molar-refractivity contribution in [2.24, 2.45) is 0 Å². The Morgan fingerprint density at radius 2 is 2.11 bits per heavy atom. The van der Waals surface area contributed by atoms with Crippen molar-refractivity contribution in [3.05, 3.63) is 11.8 Å². The number of hydrogen-bond donors (Lipinski definition) is 2. The van der Waals surface area contributed by atoms with Gasteiger partial charge in [-0.05, 0) is 13.8 Å². The van der Waals surface area contributed by atoms with Gasteiger partial charge in [-0.3, -0.25) is 0 Å². The number of ether oxygens (including phenoxy) is 1. The third-order valence-corrected chi connectivity index (χ3v) is 2.00.